The molecule has 1 aromatic carbocycles. The van der Waals surface area contributed by atoms with Gasteiger partial charge in [0.05, 0.1) is 6.54 Å². The van der Waals surface area contributed by atoms with Gasteiger partial charge in [-0.25, -0.2) is 14.0 Å². The smallest absolute Gasteiger partial charge is 0.167 e. The summed E-state index contributed by atoms with van der Waals surface area (Å²) in [7, 11) is 5.00. The summed E-state index contributed by atoms with van der Waals surface area (Å²) < 4.78 is 12.9. The molecule has 4 rings (SSSR count). The van der Waals surface area contributed by atoms with Gasteiger partial charge in [0.15, 0.2) is 7.51 Å². The lowest BCUT2D eigenvalue weighted by Crippen LogP contribution is -2.51. The average molecular weight is 321 g/mol. The highest BCUT2D eigenvalue weighted by atomic mass is 31.2. The first-order chi connectivity index (χ1) is 10.6. The minimum atomic E-state index is -1.76. The zero-order valence-corrected chi connectivity index (χ0v) is 14.9. The highest BCUT2D eigenvalue weighted by Gasteiger charge is 2.38. The highest BCUT2D eigenvalue weighted by Crippen LogP contribution is 2.58. The molecule has 22 heavy (non-hydrogen) atoms. The van der Waals surface area contributed by atoms with Gasteiger partial charge in [0.1, 0.15) is 0 Å². The van der Waals surface area contributed by atoms with Crippen molar-refractivity contribution >= 4 is 7.51 Å². The zero-order chi connectivity index (χ0) is 15.6. The average Bonchev–Trinajstić information content (AvgIpc) is 2.52. The van der Waals surface area contributed by atoms with Gasteiger partial charge < -0.3 is 0 Å². The van der Waals surface area contributed by atoms with Gasteiger partial charge in [-0.3, -0.25) is 9.64 Å². The van der Waals surface area contributed by atoms with Crippen molar-refractivity contribution in [2.45, 2.75) is 6.54 Å². The maximum Gasteiger partial charge on any atom is 0.167 e. The Bertz CT molecular complexity index is 504. The van der Waals surface area contributed by atoms with E-state index >= 15 is 0 Å². The molecule has 0 atom stereocenters. The van der Waals surface area contributed by atoms with E-state index in [-0.39, 0.29) is 0 Å². The second-order valence-electron chi connectivity index (χ2n) is 6.31. The van der Waals surface area contributed by atoms with Gasteiger partial charge in [0, 0.05) is 39.3 Å². The Morgan fingerprint density at radius 1 is 0.818 bits per heavy atom. The molecule has 1 aromatic rings. The standard InChI is InChI=1S/C16H28N5P/c1-18-9-12-21-13-10-19(2)22(18,20(3)11-14-21)17-15-16-7-5-4-6-8-16/h4-8H,9-15H2,1-3H3. The molecule has 0 radical (unpaired) electrons. The van der Waals surface area contributed by atoms with Crippen LogP contribution in [-0.2, 0) is 6.54 Å². The van der Waals surface area contributed by atoms with Gasteiger partial charge in [-0.2, -0.15) is 0 Å². The van der Waals surface area contributed by atoms with Crippen molar-refractivity contribution in [3.63, 3.8) is 0 Å². The lowest BCUT2D eigenvalue weighted by Gasteiger charge is -2.50. The first kappa shape index (κ1) is 16.2. The Morgan fingerprint density at radius 2 is 1.32 bits per heavy atom. The van der Waals surface area contributed by atoms with E-state index in [1.165, 1.54) is 25.2 Å². The maximum absolute atomic E-state index is 5.31. The van der Waals surface area contributed by atoms with E-state index in [0.29, 0.717) is 0 Å². The highest BCUT2D eigenvalue weighted by molar-refractivity contribution is 7.59. The fourth-order valence-electron chi connectivity index (χ4n) is 3.46. The summed E-state index contributed by atoms with van der Waals surface area (Å²) in [4.78, 5) is 2.58. The number of rotatable bonds is 2. The number of likely N-dealkylation sites (N-methyl/N-ethyl adjacent to an activating group) is 3. The number of hydrogen-bond donors (Lipinski definition) is 0. The quantitative estimate of drug-likeness (QED) is 0.780. The third-order valence-electron chi connectivity index (χ3n) is 4.88. The summed E-state index contributed by atoms with van der Waals surface area (Å²) in [5, 5.41) is 0. The molecule has 122 valence electrons. The molecule has 0 amide bonds. The van der Waals surface area contributed by atoms with E-state index in [0.717, 1.165) is 26.2 Å². The number of hydrogen-bond acceptors (Lipinski definition) is 2. The van der Waals surface area contributed by atoms with Crippen LogP contribution in [0, 0.1) is 0 Å². The van der Waals surface area contributed by atoms with Gasteiger partial charge in [0.2, 0.25) is 0 Å². The molecule has 3 saturated heterocycles. The van der Waals surface area contributed by atoms with Crippen LogP contribution in [0.2, 0.25) is 0 Å². The lowest BCUT2D eigenvalue weighted by atomic mass is 10.2. The molecule has 0 saturated carbocycles. The largest absolute Gasteiger partial charge is 0.299 e. The van der Waals surface area contributed by atoms with Crippen LogP contribution < -0.4 is 0 Å². The van der Waals surface area contributed by atoms with E-state index in [1.807, 2.05) is 0 Å². The normalized spacial score (nSPS) is 31.5. The molecule has 2 bridgehead atoms. The Kier molecular flexibility index (Phi) is 5.00. The summed E-state index contributed by atoms with van der Waals surface area (Å²) in [6.45, 7) is 7.60. The zero-order valence-electron chi connectivity index (χ0n) is 14.0. The molecule has 0 unspecified atom stereocenters. The minimum absolute atomic E-state index is 0.803. The van der Waals surface area contributed by atoms with Crippen molar-refractivity contribution in [3.8, 4) is 0 Å². The molecular formula is C16H28N5P. The Morgan fingerprint density at radius 3 is 1.82 bits per heavy atom. The fourth-order valence-corrected chi connectivity index (χ4v) is 7.10. The van der Waals surface area contributed by atoms with Crippen molar-refractivity contribution in [2.75, 3.05) is 60.4 Å². The van der Waals surface area contributed by atoms with Crippen LogP contribution in [0.4, 0.5) is 0 Å². The molecule has 3 heterocycles. The van der Waals surface area contributed by atoms with Gasteiger partial charge in [-0.15, -0.1) is 0 Å². The molecule has 6 heteroatoms. The van der Waals surface area contributed by atoms with Gasteiger partial charge in [0.25, 0.3) is 0 Å². The van der Waals surface area contributed by atoms with E-state index in [4.69, 9.17) is 4.74 Å². The van der Waals surface area contributed by atoms with Crippen LogP contribution in [0.1, 0.15) is 5.56 Å². The predicted molar refractivity (Wildman–Crippen MR) is 93.8 cm³/mol. The van der Waals surface area contributed by atoms with Crippen molar-refractivity contribution in [1.29, 1.82) is 0 Å². The molecule has 3 aliphatic rings. The van der Waals surface area contributed by atoms with E-state index in [9.17, 15) is 0 Å². The van der Waals surface area contributed by atoms with Crippen molar-refractivity contribution < 1.29 is 0 Å². The summed E-state index contributed by atoms with van der Waals surface area (Å²) >= 11 is 0. The van der Waals surface area contributed by atoms with Crippen molar-refractivity contribution in [1.82, 2.24) is 18.9 Å². The summed E-state index contributed by atoms with van der Waals surface area (Å²) in [6.07, 6.45) is 0. The summed E-state index contributed by atoms with van der Waals surface area (Å²) in [5.74, 6) is 0. The van der Waals surface area contributed by atoms with Gasteiger partial charge >= 0.3 is 0 Å². The van der Waals surface area contributed by atoms with Gasteiger partial charge in [-0.05, 0) is 26.7 Å². The number of nitrogens with zero attached hydrogens (tertiary/aromatic N) is 5. The lowest BCUT2D eigenvalue weighted by molar-refractivity contribution is 0.185. The van der Waals surface area contributed by atoms with Crippen LogP contribution in [0.15, 0.2) is 35.1 Å². The monoisotopic (exact) mass is 321 g/mol. The second kappa shape index (κ2) is 6.81. The topological polar surface area (TPSA) is 25.3 Å². The molecule has 0 aliphatic carbocycles. The Labute approximate surface area is 134 Å². The molecule has 3 aliphatic heterocycles. The predicted octanol–water partition coefficient (Wildman–Crippen LogP) is 2.26. The third kappa shape index (κ3) is 3.01. The van der Waals surface area contributed by atoms with E-state index < -0.39 is 7.51 Å². The van der Waals surface area contributed by atoms with Crippen LogP contribution in [0.25, 0.3) is 0 Å². The van der Waals surface area contributed by atoms with Crippen LogP contribution in [-0.4, -0.2) is 79.3 Å². The van der Waals surface area contributed by atoms with Crippen molar-refractivity contribution in [3.05, 3.63) is 35.9 Å². The summed E-state index contributed by atoms with van der Waals surface area (Å²) in [6, 6.07) is 10.6. The van der Waals surface area contributed by atoms with Crippen LogP contribution >= 0.6 is 7.51 Å². The molecule has 0 N–H and O–H groups in total. The molecule has 0 aromatic heterocycles. The minimum Gasteiger partial charge on any atom is -0.299 e. The first-order valence-corrected chi connectivity index (χ1v) is 9.72. The molecule has 3 fully saturated rings. The van der Waals surface area contributed by atoms with E-state index in [1.54, 1.807) is 0 Å². The Balaban J connectivity index is 1.98. The first-order valence-electron chi connectivity index (χ1n) is 8.12. The second-order valence-corrected chi connectivity index (χ2v) is 9.71. The molecule has 5 nitrogen and oxygen atoms in total. The van der Waals surface area contributed by atoms with Crippen LogP contribution in [0.3, 0.4) is 0 Å². The SMILES string of the molecule is CN1CCN2CCN(C)P1(=NCc1ccccc1)N(C)CC2. The fraction of sp³-hybridized carbons (Fsp3) is 0.625. The third-order valence-corrected chi connectivity index (χ3v) is 8.75. The van der Waals surface area contributed by atoms with Crippen LogP contribution in [0.5, 0.6) is 0 Å². The van der Waals surface area contributed by atoms with Crippen molar-refractivity contribution in [2.24, 2.45) is 4.74 Å². The maximum atomic E-state index is 5.31. The molecular weight excluding hydrogens is 293 g/mol. The summed E-state index contributed by atoms with van der Waals surface area (Å²) in [5.41, 5.74) is 1.30. The van der Waals surface area contributed by atoms with Gasteiger partial charge in [-0.1, -0.05) is 30.3 Å². The number of fused-ring (bicyclic) bond motifs is 6. The molecule has 0 spiro atoms. The van der Waals surface area contributed by atoms with E-state index in [2.05, 4.69) is 70.4 Å². The Hall–Kier alpha value is -0.710. The number of benzene rings is 1.